The van der Waals surface area contributed by atoms with Gasteiger partial charge in [0.2, 0.25) is 0 Å². The zero-order chi connectivity index (χ0) is 9.03. The number of rotatable bonds is 3. The standard InChI is InChI=1S/C10H21NO/c1-4-12-8-10(3)5-6-11-7-9(10)2/h9,11H,4-8H2,1-3H3. The van der Waals surface area contributed by atoms with Crippen molar-refractivity contribution in [3.63, 3.8) is 0 Å². The molecule has 1 rings (SSSR count). The van der Waals surface area contributed by atoms with E-state index < -0.39 is 0 Å². The highest BCUT2D eigenvalue weighted by Crippen LogP contribution is 2.33. The number of hydrogen-bond donors (Lipinski definition) is 1. The zero-order valence-electron chi connectivity index (χ0n) is 8.52. The van der Waals surface area contributed by atoms with Crippen LogP contribution in [-0.2, 0) is 4.74 Å². The summed E-state index contributed by atoms with van der Waals surface area (Å²) < 4.78 is 5.52. The largest absolute Gasteiger partial charge is 0.381 e. The lowest BCUT2D eigenvalue weighted by molar-refractivity contribution is 0.0104. The number of hydrogen-bond acceptors (Lipinski definition) is 2. The topological polar surface area (TPSA) is 21.3 Å². The van der Waals surface area contributed by atoms with Gasteiger partial charge < -0.3 is 10.1 Å². The van der Waals surface area contributed by atoms with Gasteiger partial charge in [-0.25, -0.2) is 0 Å². The minimum atomic E-state index is 0.404. The van der Waals surface area contributed by atoms with Crippen LogP contribution in [0.2, 0.25) is 0 Å². The molecule has 0 aliphatic carbocycles. The molecule has 1 aliphatic rings. The maximum absolute atomic E-state index is 5.52. The van der Waals surface area contributed by atoms with Gasteiger partial charge in [0.25, 0.3) is 0 Å². The van der Waals surface area contributed by atoms with Crippen LogP contribution in [0.15, 0.2) is 0 Å². The first-order valence-corrected chi connectivity index (χ1v) is 4.97. The van der Waals surface area contributed by atoms with Gasteiger partial charge in [-0.05, 0) is 37.8 Å². The smallest absolute Gasteiger partial charge is 0.0523 e. The Morgan fingerprint density at radius 1 is 1.58 bits per heavy atom. The van der Waals surface area contributed by atoms with Gasteiger partial charge in [0, 0.05) is 6.61 Å². The van der Waals surface area contributed by atoms with Gasteiger partial charge in [0.05, 0.1) is 6.61 Å². The van der Waals surface area contributed by atoms with Crippen molar-refractivity contribution in [1.29, 1.82) is 0 Å². The molecule has 0 saturated carbocycles. The van der Waals surface area contributed by atoms with E-state index in [2.05, 4.69) is 26.1 Å². The fourth-order valence-corrected chi connectivity index (χ4v) is 1.73. The molecule has 1 heterocycles. The van der Waals surface area contributed by atoms with E-state index >= 15 is 0 Å². The van der Waals surface area contributed by atoms with Crippen molar-refractivity contribution < 1.29 is 4.74 Å². The Bertz CT molecular complexity index is 138. The number of nitrogens with one attached hydrogen (secondary N) is 1. The SMILES string of the molecule is CCOCC1(C)CCNCC1C. The van der Waals surface area contributed by atoms with Crippen LogP contribution < -0.4 is 5.32 Å². The molecule has 0 aromatic rings. The molecule has 1 fully saturated rings. The monoisotopic (exact) mass is 171 g/mol. The molecule has 2 nitrogen and oxygen atoms in total. The first-order valence-electron chi connectivity index (χ1n) is 4.97. The van der Waals surface area contributed by atoms with Crippen molar-refractivity contribution in [1.82, 2.24) is 5.32 Å². The van der Waals surface area contributed by atoms with Crippen LogP contribution >= 0.6 is 0 Å². The molecule has 2 heteroatoms. The molecule has 1 N–H and O–H groups in total. The second-order valence-corrected chi connectivity index (χ2v) is 4.15. The van der Waals surface area contributed by atoms with E-state index in [0.717, 1.165) is 32.2 Å². The van der Waals surface area contributed by atoms with Gasteiger partial charge >= 0.3 is 0 Å². The van der Waals surface area contributed by atoms with Crippen LogP contribution in [-0.4, -0.2) is 26.3 Å². The summed E-state index contributed by atoms with van der Waals surface area (Å²) in [5.74, 6) is 0.734. The molecule has 1 aliphatic heterocycles. The Morgan fingerprint density at radius 2 is 2.33 bits per heavy atom. The Balaban J connectivity index is 2.42. The normalized spacial score (nSPS) is 36.8. The Hall–Kier alpha value is -0.0800. The van der Waals surface area contributed by atoms with Crippen molar-refractivity contribution in [2.24, 2.45) is 11.3 Å². The summed E-state index contributed by atoms with van der Waals surface area (Å²) in [6.45, 7) is 10.8. The minimum absolute atomic E-state index is 0.404. The van der Waals surface area contributed by atoms with E-state index in [1.54, 1.807) is 0 Å². The molecular formula is C10H21NO. The van der Waals surface area contributed by atoms with Gasteiger partial charge in [-0.15, -0.1) is 0 Å². The van der Waals surface area contributed by atoms with Gasteiger partial charge in [-0.2, -0.15) is 0 Å². The minimum Gasteiger partial charge on any atom is -0.381 e. The van der Waals surface area contributed by atoms with Crippen molar-refractivity contribution in [3.8, 4) is 0 Å². The second kappa shape index (κ2) is 4.24. The molecule has 2 unspecified atom stereocenters. The number of piperidine rings is 1. The maximum Gasteiger partial charge on any atom is 0.0523 e. The summed E-state index contributed by atoms with van der Waals surface area (Å²) in [6, 6.07) is 0. The first kappa shape index (κ1) is 10.0. The molecule has 2 atom stereocenters. The molecule has 1 saturated heterocycles. The summed E-state index contributed by atoms with van der Waals surface area (Å²) in [5, 5.41) is 3.41. The lowest BCUT2D eigenvalue weighted by atomic mass is 9.74. The van der Waals surface area contributed by atoms with Gasteiger partial charge in [0.1, 0.15) is 0 Å². The van der Waals surface area contributed by atoms with Gasteiger partial charge in [0.15, 0.2) is 0 Å². The summed E-state index contributed by atoms with van der Waals surface area (Å²) in [5.41, 5.74) is 0.404. The molecule has 0 amide bonds. The second-order valence-electron chi connectivity index (χ2n) is 4.15. The van der Waals surface area contributed by atoms with Crippen LogP contribution in [0.4, 0.5) is 0 Å². The van der Waals surface area contributed by atoms with Crippen molar-refractivity contribution >= 4 is 0 Å². The summed E-state index contributed by atoms with van der Waals surface area (Å²) >= 11 is 0. The van der Waals surface area contributed by atoms with Crippen LogP contribution in [0.3, 0.4) is 0 Å². The molecule has 0 radical (unpaired) electrons. The van der Waals surface area contributed by atoms with E-state index in [-0.39, 0.29) is 0 Å². The number of ether oxygens (including phenoxy) is 1. The summed E-state index contributed by atoms with van der Waals surface area (Å²) in [4.78, 5) is 0. The van der Waals surface area contributed by atoms with Crippen molar-refractivity contribution in [2.45, 2.75) is 27.2 Å². The van der Waals surface area contributed by atoms with Crippen LogP contribution in [0.25, 0.3) is 0 Å². The van der Waals surface area contributed by atoms with E-state index in [1.807, 2.05) is 0 Å². The van der Waals surface area contributed by atoms with Gasteiger partial charge in [-0.1, -0.05) is 13.8 Å². The quantitative estimate of drug-likeness (QED) is 0.697. The molecule has 12 heavy (non-hydrogen) atoms. The molecule has 0 aromatic carbocycles. The van der Waals surface area contributed by atoms with Crippen molar-refractivity contribution in [2.75, 3.05) is 26.3 Å². The Labute approximate surface area is 75.7 Å². The molecule has 0 aromatic heterocycles. The average molecular weight is 171 g/mol. The van der Waals surface area contributed by atoms with Gasteiger partial charge in [-0.3, -0.25) is 0 Å². The van der Waals surface area contributed by atoms with E-state index in [9.17, 15) is 0 Å². The van der Waals surface area contributed by atoms with Crippen LogP contribution in [0.5, 0.6) is 0 Å². The Morgan fingerprint density at radius 3 is 2.92 bits per heavy atom. The lowest BCUT2D eigenvalue weighted by Crippen LogP contribution is -2.44. The predicted octanol–water partition coefficient (Wildman–Crippen LogP) is 1.66. The van der Waals surface area contributed by atoms with Crippen LogP contribution in [0, 0.1) is 11.3 Å². The summed E-state index contributed by atoms with van der Waals surface area (Å²) in [7, 11) is 0. The maximum atomic E-state index is 5.52. The fourth-order valence-electron chi connectivity index (χ4n) is 1.73. The highest BCUT2D eigenvalue weighted by atomic mass is 16.5. The molecule has 0 spiro atoms. The Kier molecular flexibility index (Phi) is 3.53. The highest BCUT2D eigenvalue weighted by molar-refractivity contribution is 4.85. The van der Waals surface area contributed by atoms with E-state index in [0.29, 0.717) is 5.41 Å². The zero-order valence-corrected chi connectivity index (χ0v) is 8.52. The third-order valence-electron chi connectivity index (χ3n) is 3.15. The third-order valence-corrected chi connectivity index (χ3v) is 3.15. The lowest BCUT2D eigenvalue weighted by Gasteiger charge is -2.39. The van der Waals surface area contributed by atoms with E-state index in [4.69, 9.17) is 4.74 Å². The van der Waals surface area contributed by atoms with E-state index in [1.165, 1.54) is 6.42 Å². The predicted molar refractivity (Wildman–Crippen MR) is 51.3 cm³/mol. The fraction of sp³-hybridized carbons (Fsp3) is 1.00. The third kappa shape index (κ3) is 2.20. The summed E-state index contributed by atoms with van der Waals surface area (Å²) in [6.07, 6.45) is 1.24. The molecule has 72 valence electrons. The highest BCUT2D eigenvalue weighted by Gasteiger charge is 2.33. The average Bonchev–Trinajstić information content (AvgIpc) is 2.07. The first-order chi connectivity index (χ1) is 5.69. The molecule has 0 bridgehead atoms. The molecular weight excluding hydrogens is 150 g/mol. The van der Waals surface area contributed by atoms with Crippen LogP contribution in [0.1, 0.15) is 27.2 Å². The van der Waals surface area contributed by atoms with Crippen molar-refractivity contribution in [3.05, 3.63) is 0 Å².